The lowest BCUT2D eigenvalue weighted by Crippen LogP contribution is -2.48. The van der Waals surface area contributed by atoms with Crippen molar-refractivity contribution in [1.82, 2.24) is 15.1 Å². The first-order valence-electron chi connectivity index (χ1n) is 9.05. The van der Waals surface area contributed by atoms with Crippen LogP contribution in [0, 0.1) is 0 Å². The van der Waals surface area contributed by atoms with Crippen molar-refractivity contribution in [3.05, 3.63) is 47.3 Å². The smallest absolute Gasteiger partial charge is 0.254 e. The highest BCUT2D eigenvalue weighted by Crippen LogP contribution is 2.29. The Balaban J connectivity index is 1.41. The number of methoxy groups -OCH3 is 2. The van der Waals surface area contributed by atoms with E-state index in [1.807, 2.05) is 16.3 Å². The standard InChI is InChI=1S/C20H22N4O3S/c1-26-16-6-5-14(12-17(16)27-2)20(25)24-9-7-23(8-10-24)19-13-15(21-22-19)18-4-3-11-28-18/h3-6,11-13H,7-10H2,1-2H3,(H,21,22). The zero-order chi connectivity index (χ0) is 19.5. The minimum atomic E-state index is 0.00176. The van der Waals surface area contributed by atoms with Crippen molar-refractivity contribution in [3.63, 3.8) is 0 Å². The molecule has 7 nitrogen and oxygen atoms in total. The molecule has 28 heavy (non-hydrogen) atoms. The normalized spacial score (nSPS) is 14.2. The Morgan fingerprint density at radius 3 is 2.54 bits per heavy atom. The second kappa shape index (κ2) is 7.93. The minimum absolute atomic E-state index is 0.00176. The number of thiophene rings is 1. The third-order valence-corrected chi connectivity index (χ3v) is 5.78. The van der Waals surface area contributed by atoms with E-state index in [1.165, 1.54) is 4.88 Å². The molecule has 4 rings (SSSR count). The first-order valence-corrected chi connectivity index (χ1v) is 9.93. The molecule has 0 aliphatic carbocycles. The van der Waals surface area contributed by atoms with E-state index in [1.54, 1.807) is 43.8 Å². The summed E-state index contributed by atoms with van der Waals surface area (Å²) in [4.78, 5) is 18.1. The first-order chi connectivity index (χ1) is 13.7. The number of amides is 1. The van der Waals surface area contributed by atoms with Crippen molar-refractivity contribution < 1.29 is 14.3 Å². The van der Waals surface area contributed by atoms with Crippen LogP contribution in [0.2, 0.25) is 0 Å². The fourth-order valence-electron chi connectivity index (χ4n) is 3.32. The molecule has 146 valence electrons. The van der Waals surface area contributed by atoms with Gasteiger partial charge in [-0.25, -0.2) is 0 Å². The number of carbonyl (C=O) groups is 1. The lowest BCUT2D eigenvalue weighted by atomic mass is 10.1. The Labute approximate surface area is 167 Å². The highest BCUT2D eigenvalue weighted by Gasteiger charge is 2.24. The van der Waals surface area contributed by atoms with Crippen LogP contribution in [0.25, 0.3) is 10.6 Å². The Bertz CT molecular complexity index is 946. The van der Waals surface area contributed by atoms with Crippen LogP contribution in [0.15, 0.2) is 41.8 Å². The molecular weight excluding hydrogens is 376 g/mol. The van der Waals surface area contributed by atoms with E-state index in [9.17, 15) is 4.79 Å². The van der Waals surface area contributed by atoms with Crippen molar-refractivity contribution in [2.24, 2.45) is 0 Å². The second-order valence-corrected chi connectivity index (χ2v) is 7.41. The molecule has 0 atom stereocenters. The molecule has 0 bridgehead atoms. The van der Waals surface area contributed by atoms with E-state index in [2.05, 4.69) is 27.2 Å². The molecule has 0 spiro atoms. The number of hydrogen-bond acceptors (Lipinski definition) is 6. The molecule has 1 aliphatic rings. The summed E-state index contributed by atoms with van der Waals surface area (Å²) in [6.45, 7) is 2.78. The van der Waals surface area contributed by atoms with Crippen LogP contribution in [0.3, 0.4) is 0 Å². The van der Waals surface area contributed by atoms with Crippen molar-refractivity contribution in [2.75, 3.05) is 45.3 Å². The molecule has 1 aromatic carbocycles. The Hall–Kier alpha value is -3.00. The Morgan fingerprint density at radius 1 is 1.07 bits per heavy atom. The van der Waals surface area contributed by atoms with E-state index in [-0.39, 0.29) is 5.91 Å². The summed E-state index contributed by atoms with van der Waals surface area (Å²) < 4.78 is 10.5. The average Bonchev–Trinajstić information content (AvgIpc) is 3.44. The van der Waals surface area contributed by atoms with Gasteiger partial charge in [0.25, 0.3) is 5.91 Å². The van der Waals surface area contributed by atoms with Crippen molar-refractivity contribution in [2.45, 2.75) is 0 Å². The molecule has 1 amide bonds. The molecule has 0 saturated carbocycles. The third kappa shape index (κ3) is 3.55. The van der Waals surface area contributed by atoms with Crippen LogP contribution in [-0.4, -0.2) is 61.4 Å². The number of hydrogen-bond donors (Lipinski definition) is 1. The molecule has 2 aromatic heterocycles. The Kier molecular flexibility index (Phi) is 5.21. The van der Waals surface area contributed by atoms with Gasteiger partial charge < -0.3 is 19.3 Å². The van der Waals surface area contributed by atoms with E-state index < -0.39 is 0 Å². The number of H-pyrrole nitrogens is 1. The number of benzene rings is 1. The molecule has 3 heterocycles. The molecule has 3 aromatic rings. The van der Waals surface area contributed by atoms with Gasteiger partial charge in [0.05, 0.1) is 24.8 Å². The lowest BCUT2D eigenvalue weighted by Gasteiger charge is -2.34. The van der Waals surface area contributed by atoms with Gasteiger partial charge in [0, 0.05) is 37.8 Å². The fraction of sp³-hybridized carbons (Fsp3) is 0.300. The summed E-state index contributed by atoms with van der Waals surface area (Å²) in [5, 5.41) is 9.59. The SMILES string of the molecule is COc1ccc(C(=O)N2CCN(c3cc(-c4cccs4)[nH]n3)CC2)cc1OC. The quantitative estimate of drug-likeness (QED) is 0.715. The fourth-order valence-corrected chi connectivity index (χ4v) is 4.01. The number of aromatic amines is 1. The maximum atomic E-state index is 12.9. The van der Waals surface area contributed by atoms with Crippen molar-refractivity contribution in [3.8, 4) is 22.1 Å². The number of rotatable bonds is 5. The third-order valence-electron chi connectivity index (χ3n) is 4.87. The zero-order valence-electron chi connectivity index (χ0n) is 15.8. The molecule has 1 aliphatic heterocycles. The highest BCUT2D eigenvalue weighted by molar-refractivity contribution is 7.13. The number of anilines is 1. The highest BCUT2D eigenvalue weighted by atomic mass is 32.1. The van der Waals surface area contributed by atoms with Gasteiger partial charge >= 0.3 is 0 Å². The largest absolute Gasteiger partial charge is 0.493 e. The van der Waals surface area contributed by atoms with Crippen LogP contribution in [0.5, 0.6) is 11.5 Å². The van der Waals surface area contributed by atoms with E-state index in [0.29, 0.717) is 30.2 Å². The maximum absolute atomic E-state index is 12.9. The van der Waals surface area contributed by atoms with E-state index >= 15 is 0 Å². The maximum Gasteiger partial charge on any atom is 0.254 e. The van der Waals surface area contributed by atoms with Gasteiger partial charge in [-0.2, -0.15) is 5.10 Å². The number of nitrogens with one attached hydrogen (secondary N) is 1. The van der Waals surface area contributed by atoms with Crippen LogP contribution >= 0.6 is 11.3 Å². The summed E-state index contributed by atoms with van der Waals surface area (Å²) in [6, 6.07) is 11.4. The molecule has 8 heteroatoms. The summed E-state index contributed by atoms with van der Waals surface area (Å²) in [5.41, 5.74) is 1.62. The van der Waals surface area contributed by atoms with Gasteiger partial charge in [-0.1, -0.05) is 6.07 Å². The predicted octanol–water partition coefficient (Wildman–Crippen LogP) is 3.12. The van der Waals surface area contributed by atoms with Gasteiger partial charge in [-0.3, -0.25) is 9.89 Å². The average molecular weight is 398 g/mol. The summed E-state index contributed by atoms with van der Waals surface area (Å²) in [5.74, 6) is 2.09. The van der Waals surface area contributed by atoms with Gasteiger partial charge in [0.15, 0.2) is 17.3 Å². The van der Waals surface area contributed by atoms with Crippen LogP contribution in [0.1, 0.15) is 10.4 Å². The summed E-state index contributed by atoms with van der Waals surface area (Å²) >= 11 is 1.68. The second-order valence-electron chi connectivity index (χ2n) is 6.47. The van der Waals surface area contributed by atoms with Crippen molar-refractivity contribution >= 4 is 23.1 Å². The Morgan fingerprint density at radius 2 is 1.86 bits per heavy atom. The van der Waals surface area contributed by atoms with Crippen LogP contribution in [-0.2, 0) is 0 Å². The summed E-state index contributed by atoms with van der Waals surface area (Å²) in [6.07, 6.45) is 0. The molecule has 0 radical (unpaired) electrons. The van der Waals surface area contributed by atoms with Gasteiger partial charge in [-0.05, 0) is 29.6 Å². The van der Waals surface area contributed by atoms with Gasteiger partial charge in [0.1, 0.15) is 0 Å². The molecule has 1 N–H and O–H groups in total. The molecule has 1 saturated heterocycles. The van der Waals surface area contributed by atoms with E-state index in [0.717, 1.165) is 24.6 Å². The van der Waals surface area contributed by atoms with Crippen LogP contribution in [0.4, 0.5) is 5.82 Å². The zero-order valence-corrected chi connectivity index (χ0v) is 16.7. The van der Waals surface area contributed by atoms with Crippen molar-refractivity contribution in [1.29, 1.82) is 0 Å². The number of carbonyl (C=O) groups excluding carboxylic acids is 1. The lowest BCUT2D eigenvalue weighted by molar-refractivity contribution is 0.0746. The monoisotopic (exact) mass is 398 g/mol. The topological polar surface area (TPSA) is 70.7 Å². The van der Waals surface area contributed by atoms with Crippen LogP contribution < -0.4 is 14.4 Å². The van der Waals surface area contributed by atoms with E-state index in [4.69, 9.17) is 9.47 Å². The first kappa shape index (κ1) is 18.4. The van der Waals surface area contributed by atoms with Gasteiger partial charge in [0.2, 0.25) is 0 Å². The molecule has 1 fully saturated rings. The molecule has 0 unspecified atom stereocenters. The summed E-state index contributed by atoms with van der Waals surface area (Å²) in [7, 11) is 3.15. The number of aromatic nitrogens is 2. The number of nitrogens with zero attached hydrogens (tertiary/aromatic N) is 3. The predicted molar refractivity (Wildman–Crippen MR) is 110 cm³/mol. The molecular formula is C20H22N4O3S. The minimum Gasteiger partial charge on any atom is -0.493 e. The number of piperazine rings is 1. The van der Waals surface area contributed by atoms with Gasteiger partial charge in [-0.15, -0.1) is 11.3 Å². The number of ether oxygens (including phenoxy) is 2.